The van der Waals surface area contributed by atoms with E-state index >= 15 is 0 Å². The summed E-state index contributed by atoms with van der Waals surface area (Å²) >= 11 is 0. The van der Waals surface area contributed by atoms with Crippen LogP contribution in [-0.4, -0.2) is 5.97 Å². The molecule has 0 unspecified atom stereocenters. The second-order valence-corrected chi connectivity index (χ2v) is 2.93. The normalized spacial score (nSPS) is 15.2. The fourth-order valence-corrected chi connectivity index (χ4v) is 0.911. The zero-order valence-corrected chi connectivity index (χ0v) is 7.39. The maximum atomic E-state index is 11.0. The van der Waals surface area contributed by atoms with E-state index in [0.717, 1.165) is 5.57 Å². The van der Waals surface area contributed by atoms with Crippen molar-refractivity contribution in [3.05, 3.63) is 35.6 Å². The maximum Gasteiger partial charge on any atom is 0.338 e. The summed E-state index contributed by atoms with van der Waals surface area (Å²) in [6, 6.07) is 0. The first-order chi connectivity index (χ1) is 5.59. The summed E-state index contributed by atoms with van der Waals surface area (Å²) in [5.41, 5.74) is 1.57. The van der Waals surface area contributed by atoms with Crippen LogP contribution in [0.5, 0.6) is 0 Å². The molecule has 0 fully saturated rings. The fourth-order valence-electron chi connectivity index (χ4n) is 0.911. The first-order valence-corrected chi connectivity index (χ1v) is 3.84. The van der Waals surface area contributed by atoms with Crippen LogP contribution in [0.15, 0.2) is 35.6 Å². The third kappa shape index (κ3) is 2.09. The van der Waals surface area contributed by atoms with E-state index < -0.39 is 0 Å². The Balaban J connectivity index is 2.50. The number of hydrogen-bond acceptors (Lipinski definition) is 2. The summed E-state index contributed by atoms with van der Waals surface area (Å²) in [6.45, 7) is 7.11. The average molecular weight is 164 g/mol. The topological polar surface area (TPSA) is 26.3 Å². The van der Waals surface area contributed by atoms with E-state index in [4.69, 9.17) is 4.74 Å². The number of carbonyl (C=O) groups excluding carboxylic acids is 1. The molecular formula is C10H12O2. The van der Waals surface area contributed by atoms with Crippen LogP contribution in [0.1, 0.15) is 20.3 Å². The average Bonchev–Trinajstić information content (AvgIpc) is 2.35. The van der Waals surface area contributed by atoms with Gasteiger partial charge in [0.1, 0.15) is 5.76 Å². The van der Waals surface area contributed by atoms with Crippen molar-refractivity contribution < 1.29 is 9.53 Å². The number of ether oxygens (including phenoxy) is 1. The number of allylic oxidation sites excluding steroid dienone is 3. The van der Waals surface area contributed by atoms with Crippen LogP contribution >= 0.6 is 0 Å². The van der Waals surface area contributed by atoms with Gasteiger partial charge in [-0.15, -0.1) is 0 Å². The lowest BCUT2D eigenvalue weighted by atomic mass is 10.3. The van der Waals surface area contributed by atoms with E-state index in [1.54, 1.807) is 6.92 Å². The van der Waals surface area contributed by atoms with Gasteiger partial charge < -0.3 is 4.74 Å². The Hall–Kier alpha value is -1.31. The van der Waals surface area contributed by atoms with Gasteiger partial charge in [0.15, 0.2) is 0 Å². The van der Waals surface area contributed by atoms with E-state index in [2.05, 4.69) is 6.58 Å². The van der Waals surface area contributed by atoms with Gasteiger partial charge in [-0.25, -0.2) is 4.79 Å². The molecule has 1 rings (SSSR count). The van der Waals surface area contributed by atoms with Crippen molar-refractivity contribution in [2.45, 2.75) is 20.3 Å². The molecule has 0 heterocycles. The Morgan fingerprint density at radius 1 is 1.67 bits per heavy atom. The molecule has 0 saturated heterocycles. The monoisotopic (exact) mass is 164 g/mol. The summed E-state index contributed by atoms with van der Waals surface area (Å²) in [6.07, 6.45) is 4.59. The van der Waals surface area contributed by atoms with Gasteiger partial charge in [0.25, 0.3) is 0 Å². The van der Waals surface area contributed by atoms with Crippen molar-refractivity contribution in [1.29, 1.82) is 0 Å². The van der Waals surface area contributed by atoms with Crippen molar-refractivity contribution in [3.63, 3.8) is 0 Å². The maximum absolute atomic E-state index is 11.0. The smallest absolute Gasteiger partial charge is 0.338 e. The number of carbonyl (C=O) groups is 1. The Bertz CT molecular complexity index is 282. The molecular weight excluding hydrogens is 152 g/mol. The highest BCUT2D eigenvalue weighted by Crippen LogP contribution is 2.18. The van der Waals surface area contributed by atoms with Crippen molar-refractivity contribution >= 4 is 5.97 Å². The van der Waals surface area contributed by atoms with Gasteiger partial charge in [-0.3, -0.25) is 0 Å². The molecule has 12 heavy (non-hydrogen) atoms. The van der Waals surface area contributed by atoms with Crippen LogP contribution < -0.4 is 0 Å². The number of esters is 1. The zero-order valence-electron chi connectivity index (χ0n) is 7.39. The molecule has 0 N–H and O–H groups in total. The molecule has 0 atom stereocenters. The van der Waals surface area contributed by atoms with Crippen molar-refractivity contribution in [2.75, 3.05) is 0 Å². The third-order valence-corrected chi connectivity index (χ3v) is 1.59. The Labute approximate surface area is 72.2 Å². The fraction of sp³-hybridized carbons (Fsp3) is 0.300. The lowest BCUT2D eigenvalue weighted by molar-refractivity contribution is -0.134. The minimum Gasteiger partial charge on any atom is -0.427 e. The molecule has 0 saturated carbocycles. The van der Waals surface area contributed by atoms with Crippen LogP contribution in [0.25, 0.3) is 0 Å². The Morgan fingerprint density at radius 2 is 2.33 bits per heavy atom. The second kappa shape index (κ2) is 3.39. The van der Waals surface area contributed by atoms with Gasteiger partial charge in [0.2, 0.25) is 0 Å². The minimum absolute atomic E-state index is 0.343. The first-order valence-electron chi connectivity index (χ1n) is 3.84. The van der Waals surface area contributed by atoms with Crippen LogP contribution in [-0.2, 0) is 9.53 Å². The molecule has 1 aliphatic rings. The summed E-state index contributed by atoms with van der Waals surface area (Å²) in [4.78, 5) is 11.0. The van der Waals surface area contributed by atoms with Crippen molar-refractivity contribution in [3.8, 4) is 0 Å². The van der Waals surface area contributed by atoms with E-state index in [0.29, 0.717) is 17.8 Å². The standard InChI is InChI=1S/C10H12O2/c1-7(2)10(11)12-9-5-4-8(3)6-9/h4,6H,1,5H2,2-3H3. The first kappa shape index (κ1) is 8.78. The highest BCUT2D eigenvalue weighted by Gasteiger charge is 2.09. The van der Waals surface area contributed by atoms with Crippen molar-refractivity contribution in [1.82, 2.24) is 0 Å². The molecule has 0 spiro atoms. The van der Waals surface area contributed by atoms with Gasteiger partial charge in [-0.05, 0) is 19.9 Å². The Kier molecular flexibility index (Phi) is 2.48. The summed E-state index contributed by atoms with van der Waals surface area (Å²) in [5, 5.41) is 0. The summed E-state index contributed by atoms with van der Waals surface area (Å²) in [5.74, 6) is 0.366. The largest absolute Gasteiger partial charge is 0.427 e. The van der Waals surface area contributed by atoms with Crippen LogP contribution in [0.3, 0.4) is 0 Å². The lowest BCUT2D eigenvalue weighted by Crippen LogP contribution is -2.03. The minimum atomic E-state index is -0.343. The van der Waals surface area contributed by atoms with Crippen LogP contribution in [0.2, 0.25) is 0 Å². The quantitative estimate of drug-likeness (QED) is 0.462. The van der Waals surface area contributed by atoms with Gasteiger partial charge in [0, 0.05) is 12.0 Å². The highest BCUT2D eigenvalue weighted by molar-refractivity contribution is 5.87. The van der Waals surface area contributed by atoms with Gasteiger partial charge >= 0.3 is 5.97 Å². The number of rotatable bonds is 2. The summed E-state index contributed by atoms with van der Waals surface area (Å²) in [7, 11) is 0. The van der Waals surface area contributed by atoms with Crippen LogP contribution in [0.4, 0.5) is 0 Å². The molecule has 1 aliphatic carbocycles. The van der Waals surface area contributed by atoms with Crippen molar-refractivity contribution in [2.24, 2.45) is 0 Å². The van der Waals surface area contributed by atoms with Crippen LogP contribution in [0, 0.1) is 0 Å². The molecule has 0 amide bonds. The molecule has 64 valence electrons. The van der Waals surface area contributed by atoms with E-state index in [1.165, 1.54) is 0 Å². The van der Waals surface area contributed by atoms with Gasteiger partial charge in [-0.2, -0.15) is 0 Å². The highest BCUT2D eigenvalue weighted by atomic mass is 16.5. The molecule has 2 nitrogen and oxygen atoms in total. The lowest BCUT2D eigenvalue weighted by Gasteiger charge is -2.02. The Morgan fingerprint density at radius 3 is 2.75 bits per heavy atom. The SMILES string of the molecule is C=C(C)C(=O)OC1=CC(C)=CC1. The van der Waals surface area contributed by atoms with E-state index in [9.17, 15) is 4.79 Å². The molecule has 0 aliphatic heterocycles. The van der Waals surface area contributed by atoms with E-state index in [1.807, 2.05) is 19.1 Å². The van der Waals surface area contributed by atoms with E-state index in [-0.39, 0.29) is 5.97 Å². The third-order valence-electron chi connectivity index (χ3n) is 1.59. The molecule has 0 aromatic rings. The predicted octanol–water partition coefficient (Wildman–Crippen LogP) is 2.34. The number of hydrogen-bond donors (Lipinski definition) is 0. The second-order valence-electron chi connectivity index (χ2n) is 2.93. The van der Waals surface area contributed by atoms with Gasteiger partial charge in [0.05, 0.1) is 0 Å². The summed E-state index contributed by atoms with van der Waals surface area (Å²) < 4.78 is 5.01. The zero-order chi connectivity index (χ0) is 9.14. The molecule has 0 aromatic carbocycles. The molecule has 0 aromatic heterocycles. The molecule has 0 bridgehead atoms. The molecule has 0 radical (unpaired) electrons. The molecule has 2 heteroatoms. The van der Waals surface area contributed by atoms with Gasteiger partial charge in [-0.1, -0.05) is 18.2 Å². The predicted molar refractivity (Wildman–Crippen MR) is 47.4 cm³/mol.